The van der Waals surface area contributed by atoms with Crippen LogP contribution < -0.4 is 10.6 Å². The average Bonchev–Trinajstić information content (AvgIpc) is 3.04. The smallest absolute Gasteiger partial charge is 0.397 e. The van der Waals surface area contributed by atoms with Crippen molar-refractivity contribution in [1.82, 2.24) is 5.32 Å². The molecule has 2 N–H and O–H groups in total. The number of anilines is 1. The summed E-state index contributed by atoms with van der Waals surface area (Å²) >= 11 is 0.886. The van der Waals surface area contributed by atoms with Crippen LogP contribution in [0.5, 0.6) is 0 Å². The molecule has 1 aromatic carbocycles. The molecule has 154 valence electrons. The highest BCUT2D eigenvalue weighted by molar-refractivity contribution is 7.18. The molecular formula is C20H22N2O6S. The minimum atomic E-state index is -1.09. The highest BCUT2D eigenvalue weighted by Gasteiger charge is 2.28. The molecule has 0 saturated heterocycles. The first kappa shape index (κ1) is 22.1. The van der Waals surface area contributed by atoms with Crippen molar-refractivity contribution in [3.8, 4) is 0 Å². The van der Waals surface area contributed by atoms with E-state index in [9.17, 15) is 19.2 Å². The summed E-state index contributed by atoms with van der Waals surface area (Å²) in [4.78, 5) is 48.8. The van der Waals surface area contributed by atoms with E-state index in [1.54, 1.807) is 13.8 Å². The van der Waals surface area contributed by atoms with Gasteiger partial charge in [-0.1, -0.05) is 30.3 Å². The van der Waals surface area contributed by atoms with Crippen LogP contribution >= 0.6 is 11.3 Å². The van der Waals surface area contributed by atoms with Gasteiger partial charge in [-0.25, -0.2) is 9.59 Å². The van der Waals surface area contributed by atoms with Gasteiger partial charge in [0.25, 0.3) is 5.91 Å². The van der Waals surface area contributed by atoms with E-state index in [4.69, 9.17) is 4.74 Å². The maximum Gasteiger partial charge on any atom is 0.397 e. The van der Waals surface area contributed by atoms with Crippen LogP contribution in [-0.4, -0.2) is 37.5 Å². The summed E-state index contributed by atoms with van der Waals surface area (Å²) in [6, 6.07) is 9.11. The first-order valence-electron chi connectivity index (χ1n) is 8.85. The lowest BCUT2D eigenvalue weighted by molar-refractivity contribution is -0.152. The van der Waals surface area contributed by atoms with Crippen LogP contribution in [0.25, 0.3) is 0 Å². The van der Waals surface area contributed by atoms with Crippen molar-refractivity contribution in [2.75, 3.05) is 19.0 Å². The molecule has 1 heterocycles. The minimum absolute atomic E-state index is 0.0210. The molecule has 1 aromatic heterocycles. The van der Waals surface area contributed by atoms with Crippen molar-refractivity contribution >= 4 is 40.1 Å². The SMILES string of the molecule is CCOC(=O)C(=O)Nc1sc(C(=O)NC(C)c2ccccc2)c(C)c1C(=O)OC. The highest BCUT2D eigenvalue weighted by Crippen LogP contribution is 2.34. The Hall–Kier alpha value is -3.20. The van der Waals surface area contributed by atoms with Crippen molar-refractivity contribution < 1.29 is 28.7 Å². The summed E-state index contributed by atoms with van der Waals surface area (Å²) in [5.74, 6) is -3.26. The number of nitrogens with one attached hydrogen (secondary N) is 2. The van der Waals surface area contributed by atoms with Crippen LogP contribution in [0.2, 0.25) is 0 Å². The Morgan fingerprint density at radius 2 is 1.79 bits per heavy atom. The minimum Gasteiger partial charge on any atom is -0.465 e. The number of hydrogen-bond donors (Lipinski definition) is 2. The molecule has 0 fully saturated rings. The zero-order chi connectivity index (χ0) is 21.6. The Morgan fingerprint density at radius 3 is 2.38 bits per heavy atom. The number of carbonyl (C=O) groups excluding carboxylic acids is 4. The van der Waals surface area contributed by atoms with Crippen LogP contribution in [0, 0.1) is 6.92 Å². The standard InChI is InChI=1S/C20H22N2O6S/c1-5-28-20(26)17(24)22-18-14(19(25)27-4)11(2)15(29-18)16(23)21-12(3)13-9-7-6-8-10-13/h6-10,12H,5H2,1-4H3,(H,21,23)(H,22,24). The predicted molar refractivity (Wildman–Crippen MR) is 108 cm³/mol. The number of rotatable bonds is 6. The van der Waals surface area contributed by atoms with Crippen molar-refractivity contribution in [3.05, 3.63) is 51.9 Å². The number of methoxy groups -OCH3 is 1. The van der Waals surface area contributed by atoms with E-state index in [-0.39, 0.29) is 28.1 Å². The largest absolute Gasteiger partial charge is 0.465 e. The van der Waals surface area contributed by atoms with Gasteiger partial charge in [0.2, 0.25) is 0 Å². The van der Waals surface area contributed by atoms with Gasteiger partial charge >= 0.3 is 17.8 Å². The number of amides is 2. The molecule has 0 saturated carbocycles. The normalized spacial score (nSPS) is 11.3. The molecule has 29 heavy (non-hydrogen) atoms. The van der Waals surface area contributed by atoms with Crippen LogP contribution in [-0.2, 0) is 19.1 Å². The van der Waals surface area contributed by atoms with E-state index in [1.807, 2.05) is 37.3 Å². The Balaban J connectivity index is 2.31. The summed E-state index contributed by atoms with van der Waals surface area (Å²) in [6.07, 6.45) is 0. The fraction of sp³-hybridized carbons (Fsp3) is 0.300. The molecule has 0 bridgehead atoms. The quantitative estimate of drug-likeness (QED) is 0.551. The average molecular weight is 418 g/mol. The Bertz CT molecular complexity index is 923. The maximum absolute atomic E-state index is 12.8. The number of ether oxygens (including phenoxy) is 2. The second-order valence-corrected chi connectivity index (χ2v) is 7.05. The van der Waals surface area contributed by atoms with Gasteiger partial charge in [-0.3, -0.25) is 9.59 Å². The molecule has 2 amide bonds. The van der Waals surface area contributed by atoms with E-state index in [2.05, 4.69) is 15.4 Å². The topological polar surface area (TPSA) is 111 Å². The molecule has 9 heteroatoms. The number of benzene rings is 1. The third-order valence-electron chi connectivity index (χ3n) is 4.08. The monoisotopic (exact) mass is 418 g/mol. The van der Waals surface area contributed by atoms with E-state index in [0.29, 0.717) is 5.56 Å². The summed E-state index contributed by atoms with van der Waals surface area (Å²) in [7, 11) is 1.19. The number of thiophene rings is 1. The van der Waals surface area contributed by atoms with Crippen LogP contribution in [0.1, 0.15) is 51.0 Å². The maximum atomic E-state index is 12.8. The first-order chi connectivity index (χ1) is 13.8. The number of esters is 2. The summed E-state index contributed by atoms with van der Waals surface area (Å²) < 4.78 is 9.41. The molecule has 8 nitrogen and oxygen atoms in total. The van der Waals surface area contributed by atoms with E-state index >= 15 is 0 Å². The molecule has 2 rings (SSSR count). The van der Waals surface area contributed by atoms with E-state index in [0.717, 1.165) is 16.9 Å². The Labute approximate surface area is 172 Å². The first-order valence-corrected chi connectivity index (χ1v) is 9.67. The van der Waals surface area contributed by atoms with Gasteiger partial charge in [-0.2, -0.15) is 0 Å². The van der Waals surface area contributed by atoms with Gasteiger partial charge in [0, 0.05) is 0 Å². The molecule has 0 aliphatic carbocycles. The summed E-state index contributed by atoms with van der Waals surface area (Å²) in [6.45, 7) is 5.01. The van der Waals surface area contributed by atoms with Crippen molar-refractivity contribution in [3.63, 3.8) is 0 Å². The lowest BCUT2D eigenvalue weighted by Crippen LogP contribution is -2.26. The third-order valence-corrected chi connectivity index (χ3v) is 5.28. The molecule has 2 aromatic rings. The molecule has 0 aliphatic rings. The van der Waals surface area contributed by atoms with Crippen LogP contribution in [0.15, 0.2) is 30.3 Å². The Morgan fingerprint density at radius 1 is 1.14 bits per heavy atom. The van der Waals surface area contributed by atoms with Gasteiger partial charge in [-0.15, -0.1) is 11.3 Å². The van der Waals surface area contributed by atoms with Gasteiger partial charge < -0.3 is 20.1 Å². The van der Waals surface area contributed by atoms with Crippen LogP contribution in [0.3, 0.4) is 0 Å². The zero-order valence-corrected chi connectivity index (χ0v) is 17.3. The molecule has 0 radical (unpaired) electrons. The lowest BCUT2D eigenvalue weighted by Gasteiger charge is -2.14. The second-order valence-electron chi connectivity index (χ2n) is 6.03. The van der Waals surface area contributed by atoms with E-state index < -0.39 is 23.8 Å². The zero-order valence-electron chi connectivity index (χ0n) is 16.5. The third kappa shape index (κ3) is 5.20. The van der Waals surface area contributed by atoms with Gasteiger partial charge in [0.1, 0.15) is 5.00 Å². The van der Waals surface area contributed by atoms with Gasteiger partial charge in [-0.05, 0) is 31.9 Å². The molecule has 1 unspecified atom stereocenters. The van der Waals surface area contributed by atoms with Crippen molar-refractivity contribution in [2.45, 2.75) is 26.8 Å². The predicted octanol–water partition coefficient (Wildman–Crippen LogP) is 2.84. The fourth-order valence-corrected chi connectivity index (χ4v) is 3.70. The summed E-state index contributed by atoms with van der Waals surface area (Å²) in [5, 5.41) is 5.24. The molecule has 1 atom stereocenters. The Kier molecular flexibility index (Phi) is 7.49. The number of hydrogen-bond acceptors (Lipinski definition) is 7. The second kappa shape index (κ2) is 9.83. The molecule has 0 spiro atoms. The highest BCUT2D eigenvalue weighted by atomic mass is 32.1. The molecule has 0 aliphatic heterocycles. The number of carbonyl (C=O) groups is 4. The van der Waals surface area contributed by atoms with Crippen molar-refractivity contribution in [1.29, 1.82) is 0 Å². The molecular weight excluding hydrogens is 396 g/mol. The lowest BCUT2D eigenvalue weighted by atomic mass is 10.1. The van der Waals surface area contributed by atoms with Crippen molar-refractivity contribution in [2.24, 2.45) is 0 Å². The van der Waals surface area contributed by atoms with Crippen LogP contribution in [0.4, 0.5) is 5.00 Å². The summed E-state index contributed by atoms with van der Waals surface area (Å²) in [5.41, 5.74) is 1.28. The van der Waals surface area contributed by atoms with Gasteiger partial charge in [0.15, 0.2) is 0 Å². The van der Waals surface area contributed by atoms with E-state index in [1.165, 1.54) is 7.11 Å². The van der Waals surface area contributed by atoms with Gasteiger partial charge in [0.05, 0.1) is 30.2 Å². The fourth-order valence-electron chi connectivity index (χ4n) is 2.60.